The fraction of sp³-hybridized carbons (Fsp3) is 0.533. The number of carbonyl (C=O) groups excluding carboxylic acids is 1. The Bertz CT molecular complexity index is 585. The minimum Gasteiger partial charge on any atom is -0.496 e. The van der Waals surface area contributed by atoms with Crippen LogP contribution in [0.15, 0.2) is 18.2 Å². The average molecular weight is 322 g/mol. The Labute approximate surface area is 135 Å². The Morgan fingerprint density at radius 2 is 2.00 bits per heavy atom. The quantitative estimate of drug-likeness (QED) is 0.647. The molecule has 0 spiro atoms. The van der Waals surface area contributed by atoms with Gasteiger partial charge in [-0.1, -0.05) is 0 Å². The lowest BCUT2D eigenvalue weighted by molar-refractivity contribution is -0.384. The molecule has 2 rings (SSSR count). The molecule has 23 heavy (non-hydrogen) atoms. The summed E-state index contributed by atoms with van der Waals surface area (Å²) in [4.78, 5) is 27.3. The van der Waals surface area contributed by atoms with Crippen molar-refractivity contribution < 1.29 is 14.5 Å². The third kappa shape index (κ3) is 4.17. The Kier molecular flexibility index (Phi) is 5.51. The number of benzene rings is 1. The van der Waals surface area contributed by atoms with Crippen molar-refractivity contribution in [3.63, 3.8) is 0 Å². The summed E-state index contributed by atoms with van der Waals surface area (Å²) in [5, 5.41) is 13.8. The van der Waals surface area contributed by atoms with Crippen LogP contribution in [0.3, 0.4) is 0 Å². The van der Waals surface area contributed by atoms with Gasteiger partial charge in [0, 0.05) is 26.2 Å². The van der Waals surface area contributed by atoms with Crippen molar-refractivity contribution in [3.05, 3.63) is 28.3 Å². The SMILES string of the molecule is COc1ccc(NC(=O)[C@@H](C)N2CCN(C)CC2)c([N+](=O)[O-])c1. The van der Waals surface area contributed by atoms with E-state index in [1.54, 1.807) is 6.07 Å². The lowest BCUT2D eigenvalue weighted by Gasteiger charge is -2.35. The number of hydrogen-bond acceptors (Lipinski definition) is 6. The van der Waals surface area contributed by atoms with E-state index in [9.17, 15) is 14.9 Å². The van der Waals surface area contributed by atoms with E-state index in [0.717, 1.165) is 26.2 Å². The maximum absolute atomic E-state index is 12.4. The first-order valence-corrected chi connectivity index (χ1v) is 7.48. The summed E-state index contributed by atoms with van der Waals surface area (Å²) in [5.41, 5.74) is 0.00468. The summed E-state index contributed by atoms with van der Waals surface area (Å²) in [5.74, 6) is 0.129. The van der Waals surface area contributed by atoms with Gasteiger partial charge < -0.3 is 15.0 Å². The maximum atomic E-state index is 12.4. The van der Waals surface area contributed by atoms with Crippen LogP contribution in [-0.2, 0) is 4.79 Å². The molecular formula is C15H22N4O4. The van der Waals surface area contributed by atoms with Crippen molar-refractivity contribution >= 4 is 17.3 Å². The van der Waals surface area contributed by atoms with Crippen LogP contribution in [0.25, 0.3) is 0 Å². The first-order chi connectivity index (χ1) is 10.9. The van der Waals surface area contributed by atoms with Crippen LogP contribution in [0.5, 0.6) is 5.75 Å². The average Bonchev–Trinajstić information content (AvgIpc) is 2.55. The number of amides is 1. The summed E-state index contributed by atoms with van der Waals surface area (Å²) < 4.78 is 4.99. The molecule has 8 heteroatoms. The molecule has 1 saturated heterocycles. The van der Waals surface area contributed by atoms with Crippen LogP contribution in [0.2, 0.25) is 0 Å². The largest absolute Gasteiger partial charge is 0.496 e. The van der Waals surface area contributed by atoms with Crippen molar-refractivity contribution in [2.75, 3.05) is 45.7 Å². The summed E-state index contributed by atoms with van der Waals surface area (Å²) in [6.07, 6.45) is 0. The lowest BCUT2D eigenvalue weighted by Crippen LogP contribution is -2.51. The second kappa shape index (κ2) is 7.38. The van der Waals surface area contributed by atoms with Gasteiger partial charge in [-0.2, -0.15) is 0 Å². The number of nitro benzene ring substituents is 1. The first kappa shape index (κ1) is 17.2. The fourth-order valence-electron chi connectivity index (χ4n) is 2.51. The highest BCUT2D eigenvalue weighted by atomic mass is 16.6. The number of hydrogen-bond donors (Lipinski definition) is 1. The van der Waals surface area contributed by atoms with E-state index in [1.165, 1.54) is 19.2 Å². The molecule has 1 atom stereocenters. The highest BCUT2D eigenvalue weighted by molar-refractivity contribution is 5.96. The highest BCUT2D eigenvalue weighted by Crippen LogP contribution is 2.29. The van der Waals surface area contributed by atoms with Gasteiger partial charge in [0.2, 0.25) is 5.91 Å². The summed E-state index contributed by atoms with van der Waals surface area (Å²) in [6, 6.07) is 4.04. The highest BCUT2D eigenvalue weighted by Gasteiger charge is 2.26. The molecule has 0 aliphatic carbocycles. The molecule has 0 unspecified atom stereocenters. The molecule has 0 saturated carbocycles. The predicted molar refractivity (Wildman–Crippen MR) is 86.8 cm³/mol. The van der Waals surface area contributed by atoms with Gasteiger partial charge in [0.25, 0.3) is 5.69 Å². The molecule has 0 aromatic heterocycles. The minimum absolute atomic E-state index is 0.178. The number of ether oxygens (including phenoxy) is 1. The predicted octanol–water partition coefficient (Wildman–Crippen LogP) is 1.18. The third-order valence-corrected chi connectivity index (χ3v) is 4.12. The summed E-state index contributed by atoms with van der Waals surface area (Å²) >= 11 is 0. The van der Waals surface area contributed by atoms with Crippen LogP contribution in [0, 0.1) is 10.1 Å². The third-order valence-electron chi connectivity index (χ3n) is 4.12. The second-order valence-electron chi connectivity index (χ2n) is 5.64. The molecule has 8 nitrogen and oxygen atoms in total. The van der Waals surface area contributed by atoms with Crippen molar-refractivity contribution in [1.82, 2.24) is 9.80 Å². The van der Waals surface area contributed by atoms with Gasteiger partial charge in [-0.3, -0.25) is 19.8 Å². The van der Waals surface area contributed by atoms with Gasteiger partial charge in [0.1, 0.15) is 11.4 Å². The number of piperazine rings is 1. The number of anilines is 1. The standard InChI is InChI=1S/C15H22N4O4/c1-11(18-8-6-17(2)7-9-18)15(20)16-13-5-4-12(23-3)10-14(13)19(21)22/h4-5,10-11H,6-9H2,1-3H3,(H,16,20)/t11-/m1/s1. The molecule has 126 valence electrons. The maximum Gasteiger partial charge on any atom is 0.296 e. The fourth-order valence-corrected chi connectivity index (χ4v) is 2.51. The number of nitrogens with zero attached hydrogens (tertiary/aromatic N) is 3. The van der Waals surface area contributed by atoms with Crippen LogP contribution in [-0.4, -0.2) is 67.0 Å². The first-order valence-electron chi connectivity index (χ1n) is 7.48. The molecule has 0 radical (unpaired) electrons. The van der Waals surface area contributed by atoms with Crippen LogP contribution >= 0.6 is 0 Å². The monoisotopic (exact) mass is 322 g/mol. The molecule has 1 aromatic rings. The van der Waals surface area contributed by atoms with Gasteiger partial charge in [-0.05, 0) is 26.1 Å². The van der Waals surface area contributed by atoms with E-state index in [1.807, 2.05) is 14.0 Å². The Morgan fingerprint density at radius 1 is 1.35 bits per heavy atom. The van der Waals surface area contributed by atoms with Crippen molar-refractivity contribution in [2.24, 2.45) is 0 Å². The zero-order valence-corrected chi connectivity index (χ0v) is 13.6. The Hall–Kier alpha value is -2.19. The molecule has 1 aromatic carbocycles. The van der Waals surface area contributed by atoms with Gasteiger partial charge >= 0.3 is 0 Å². The number of nitrogens with one attached hydrogen (secondary N) is 1. The van der Waals surface area contributed by atoms with E-state index in [2.05, 4.69) is 15.1 Å². The molecule has 0 bridgehead atoms. The number of carbonyl (C=O) groups is 1. The van der Waals surface area contributed by atoms with Crippen LogP contribution in [0.4, 0.5) is 11.4 Å². The van der Waals surface area contributed by atoms with E-state index in [4.69, 9.17) is 4.74 Å². The smallest absolute Gasteiger partial charge is 0.296 e. The number of rotatable bonds is 5. The topological polar surface area (TPSA) is 88.0 Å². The van der Waals surface area contributed by atoms with Crippen LogP contribution in [0.1, 0.15) is 6.92 Å². The zero-order chi connectivity index (χ0) is 17.0. The van der Waals surface area contributed by atoms with Gasteiger partial charge in [-0.25, -0.2) is 0 Å². The molecule has 1 amide bonds. The minimum atomic E-state index is -0.529. The molecule has 1 heterocycles. The molecule has 1 fully saturated rings. The normalized spacial score (nSPS) is 17.5. The van der Waals surface area contributed by atoms with Gasteiger partial charge in [-0.15, -0.1) is 0 Å². The number of nitro groups is 1. The zero-order valence-electron chi connectivity index (χ0n) is 13.6. The van der Waals surface area contributed by atoms with E-state index in [-0.39, 0.29) is 23.3 Å². The van der Waals surface area contributed by atoms with E-state index < -0.39 is 4.92 Å². The second-order valence-corrected chi connectivity index (χ2v) is 5.64. The Balaban J connectivity index is 2.09. The lowest BCUT2D eigenvalue weighted by atomic mass is 10.2. The van der Waals surface area contributed by atoms with Crippen molar-refractivity contribution in [1.29, 1.82) is 0 Å². The summed E-state index contributed by atoms with van der Waals surface area (Å²) in [7, 11) is 3.48. The molecule has 1 aliphatic heterocycles. The van der Waals surface area contributed by atoms with E-state index in [0.29, 0.717) is 5.75 Å². The molecular weight excluding hydrogens is 300 g/mol. The molecule has 1 aliphatic rings. The number of methoxy groups -OCH3 is 1. The Morgan fingerprint density at radius 3 is 2.57 bits per heavy atom. The molecule has 1 N–H and O–H groups in total. The number of likely N-dealkylation sites (N-methyl/N-ethyl adjacent to an activating group) is 1. The van der Waals surface area contributed by atoms with E-state index >= 15 is 0 Å². The van der Waals surface area contributed by atoms with Gasteiger partial charge in [0.15, 0.2) is 0 Å². The van der Waals surface area contributed by atoms with Crippen molar-refractivity contribution in [2.45, 2.75) is 13.0 Å². The van der Waals surface area contributed by atoms with Crippen molar-refractivity contribution in [3.8, 4) is 5.75 Å². The van der Waals surface area contributed by atoms with Gasteiger partial charge in [0.05, 0.1) is 24.1 Å². The van der Waals surface area contributed by atoms with Crippen LogP contribution < -0.4 is 10.1 Å². The summed E-state index contributed by atoms with van der Waals surface area (Å²) in [6.45, 7) is 5.22.